The Morgan fingerprint density at radius 1 is 0.933 bits per heavy atom. The van der Waals surface area contributed by atoms with Gasteiger partial charge in [0, 0.05) is 39.5 Å². The highest BCUT2D eigenvalue weighted by atomic mass is 79.9. The Hall–Kier alpha value is -2.90. The molecular formula is C22H18BrClFN3O2. The van der Waals surface area contributed by atoms with Crippen molar-refractivity contribution in [1.29, 1.82) is 0 Å². The average molecular weight is 491 g/mol. The summed E-state index contributed by atoms with van der Waals surface area (Å²) >= 11 is 9.20. The molecule has 0 saturated carbocycles. The summed E-state index contributed by atoms with van der Waals surface area (Å²) in [5, 5.41) is 6.12. The molecule has 0 spiro atoms. The summed E-state index contributed by atoms with van der Waals surface area (Å²) in [5.74, 6) is -0.653. The lowest BCUT2D eigenvalue weighted by Gasteiger charge is -2.23. The van der Waals surface area contributed by atoms with Crippen molar-refractivity contribution in [3.8, 4) is 0 Å². The molecule has 3 aromatic carbocycles. The highest BCUT2D eigenvalue weighted by Gasteiger charge is 2.17. The lowest BCUT2D eigenvalue weighted by atomic mass is 10.2. The van der Waals surface area contributed by atoms with Gasteiger partial charge < -0.3 is 10.6 Å². The molecular weight excluding hydrogens is 473 g/mol. The molecule has 0 aliphatic rings. The number of hydrogen-bond acceptors (Lipinski definition) is 2. The van der Waals surface area contributed by atoms with E-state index >= 15 is 0 Å². The van der Waals surface area contributed by atoms with Gasteiger partial charge in [-0.3, -0.25) is 9.69 Å². The van der Waals surface area contributed by atoms with Crippen molar-refractivity contribution in [3.05, 3.63) is 93.7 Å². The predicted molar refractivity (Wildman–Crippen MR) is 121 cm³/mol. The van der Waals surface area contributed by atoms with Gasteiger partial charge in [0.1, 0.15) is 5.82 Å². The third-order valence-electron chi connectivity index (χ3n) is 4.21. The third kappa shape index (κ3) is 6.05. The molecule has 3 rings (SSSR count). The van der Waals surface area contributed by atoms with E-state index in [9.17, 15) is 14.0 Å². The van der Waals surface area contributed by atoms with Crippen molar-refractivity contribution in [2.45, 2.75) is 0 Å². The van der Waals surface area contributed by atoms with E-state index < -0.39 is 11.8 Å². The van der Waals surface area contributed by atoms with Gasteiger partial charge >= 0.3 is 6.03 Å². The van der Waals surface area contributed by atoms with E-state index in [0.29, 0.717) is 22.0 Å². The largest absolute Gasteiger partial charge is 0.350 e. The van der Waals surface area contributed by atoms with Crippen LogP contribution in [0.4, 0.5) is 20.6 Å². The van der Waals surface area contributed by atoms with Crippen molar-refractivity contribution < 1.29 is 14.0 Å². The minimum absolute atomic E-state index is 0.188. The van der Waals surface area contributed by atoms with E-state index in [1.54, 1.807) is 48.5 Å². The first-order valence-corrected chi connectivity index (χ1v) is 10.2. The van der Waals surface area contributed by atoms with Gasteiger partial charge in [-0.05, 0) is 72.8 Å². The fourth-order valence-electron chi connectivity index (χ4n) is 2.68. The van der Waals surface area contributed by atoms with Crippen LogP contribution >= 0.6 is 27.5 Å². The molecule has 0 aliphatic heterocycles. The number of rotatable bonds is 6. The predicted octanol–water partition coefficient (Wildman–Crippen LogP) is 5.71. The SMILES string of the molecule is O=C(NCCN(C(=O)Nc1ccc(Cl)cc1)c1ccc(F)cc1)c1ccc(Br)cc1. The van der Waals surface area contributed by atoms with Crippen LogP contribution in [0.2, 0.25) is 5.02 Å². The molecule has 8 heteroatoms. The maximum atomic E-state index is 13.3. The molecule has 0 atom stereocenters. The van der Waals surface area contributed by atoms with E-state index in [-0.39, 0.29) is 19.0 Å². The first-order chi connectivity index (χ1) is 14.4. The van der Waals surface area contributed by atoms with Crippen LogP contribution in [0.5, 0.6) is 0 Å². The van der Waals surface area contributed by atoms with Gasteiger partial charge in [-0.2, -0.15) is 0 Å². The van der Waals surface area contributed by atoms with Gasteiger partial charge in [0.2, 0.25) is 0 Å². The second-order valence-electron chi connectivity index (χ2n) is 6.33. The number of nitrogens with zero attached hydrogens (tertiary/aromatic N) is 1. The molecule has 2 N–H and O–H groups in total. The standard InChI is InChI=1S/C22H18BrClFN3O2/c23-16-3-1-15(2-4-16)21(29)26-13-14-28(20-11-7-18(25)8-12-20)22(30)27-19-9-5-17(24)6-10-19/h1-12H,13-14H2,(H,26,29)(H,27,30). The second-order valence-corrected chi connectivity index (χ2v) is 7.68. The fourth-order valence-corrected chi connectivity index (χ4v) is 3.07. The molecule has 0 heterocycles. The zero-order valence-corrected chi connectivity index (χ0v) is 18.1. The molecule has 3 amide bonds. The lowest BCUT2D eigenvalue weighted by Crippen LogP contribution is -2.41. The number of hydrogen-bond donors (Lipinski definition) is 2. The average Bonchev–Trinajstić information content (AvgIpc) is 2.74. The van der Waals surface area contributed by atoms with Crippen LogP contribution in [0.1, 0.15) is 10.4 Å². The lowest BCUT2D eigenvalue weighted by molar-refractivity contribution is 0.0954. The summed E-state index contributed by atoms with van der Waals surface area (Å²) < 4.78 is 14.2. The number of carbonyl (C=O) groups excluding carboxylic acids is 2. The monoisotopic (exact) mass is 489 g/mol. The fraction of sp³-hybridized carbons (Fsp3) is 0.0909. The van der Waals surface area contributed by atoms with Crippen LogP contribution in [0.15, 0.2) is 77.3 Å². The first kappa shape index (κ1) is 21.8. The van der Waals surface area contributed by atoms with Crippen molar-refractivity contribution in [2.24, 2.45) is 0 Å². The van der Waals surface area contributed by atoms with Crippen LogP contribution in [-0.2, 0) is 0 Å². The summed E-state index contributed by atoms with van der Waals surface area (Å²) in [6.45, 7) is 0.396. The molecule has 0 saturated heterocycles. The maximum Gasteiger partial charge on any atom is 0.326 e. The van der Waals surface area contributed by atoms with Gasteiger partial charge in [-0.1, -0.05) is 27.5 Å². The Bertz CT molecular complexity index is 1010. The Morgan fingerprint density at radius 2 is 1.57 bits per heavy atom. The molecule has 3 aromatic rings. The summed E-state index contributed by atoms with van der Waals surface area (Å²) in [6.07, 6.45) is 0. The molecule has 0 unspecified atom stereocenters. The zero-order chi connectivity index (χ0) is 21.5. The third-order valence-corrected chi connectivity index (χ3v) is 4.99. The number of benzene rings is 3. The number of halogens is 3. The van der Waals surface area contributed by atoms with Gasteiger partial charge in [-0.15, -0.1) is 0 Å². The van der Waals surface area contributed by atoms with Crippen molar-refractivity contribution in [2.75, 3.05) is 23.3 Å². The highest BCUT2D eigenvalue weighted by molar-refractivity contribution is 9.10. The number of carbonyl (C=O) groups is 2. The molecule has 0 aliphatic carbocycles. The second kappa shape index (κ2) is 10.2. The van der Waals surface area contributed by atoms with E-state index in [2.05, 4.69) is 26.6 Å². The summed E-state index contributed by atoms with van der Waals surface area (Å²) in [5.41, 5.74) is 1.58. The Morgan fingerprint density at radius 3 is 2.20 bits per heavy atom. The summed E-state index contributed by atoms with van der Waals surface area (Å²) in [4.78, 5) is 26.6. The molecule has 5 nitrogen and oxygen atoms in total. The van der Waals surface area contributed by atoms with Crippen LogP contribution in [-0.4, -0.2) is 25.0 Å². The number of anilines is 2. The minimum Gasteiger partial charge on any atom is -0.350 e. The normalized spacial score (nSPS) is 10.4. The van der Waals surface area contributed by atoms with Crippen LogP contribution in [0.3, 0.4) is 0 Å². The number of amides is 3. The van der Waals surface area contributed by atoms with Gasteiger partial charge in [0.25, 0.3) is 5.91 Å². The van der Waals surface area contributed by atoms with E-state index in [0.717, 1.165) is 4.47 Å². The zero-order valence-electron chi connectivity index (χ0n) is 15.7. The Labute approximate surface area is 187 Å². The molecule has 154 valence electrons. The molecule has 30 heavy (non-hydrogen) atoms. The van der Waals surface area contributed by atoms with Gasteiger partial charge in [-0.25, -0.2) is 9.18 Å². The molecule has 0 radical (unpaired) electrons. The summed E-state index contributed by atoms with van der Waals surface area (Å²) in [6, 6.07) is 18.8. The Kier molecular flexibility index (Phi) is 7.43. The van der Waals surface area contributed by atoms with Crippen LogP contribution in [0.25, 0.3) is 0 Å². The minimum atomic E-state index is -0.415. The highest BCUT2D eigenvalue weighted by Crippen LogP contribution is 2.18. The van der Waals surface area contributed by atoms with Crippen molar-refractivity contribution in [3.63, 3.8) is 0 Å². The molecule has 0 aromatic heterocycles. The van der Waals surface area contributed by atoms with Crippen LogP contribution < -0.4 is 15.5 Å². The van der Waals surface area contributed by atoms with Gasteiger partial charge in [0.15, 0.2) is 0 Å². The smallest absolute Gasteiger partial charge is 0.326 e. The van der Waals surface area contributed by atoms with Crippen molar-refractivity contribution >= 4 is 50.8 Å². The summed E-state index contributed by atoms with van der Waals surface area (Å²) in [7, 11) is 0. The van der Waals surface area contributed by atoms with Gasteiger partial charge in [0.05, 0.1) is 0 Å². The Balaban J connectivity index is 1.68. The molecule has 0 fully saturated rings. The molecule has 0 bridgehead atoms. The quantitative estimate of drug-likeness (QED) is 0.465. The van der Waals surface area contributed by atoms with Crippen LogP contribution in [0, 0.1) is 5.82 Å². The first-order valence-electron chi connectivity index (χ1n) is 9.06. The van der Waals surface area contributed by atoms with E-state index in [4.69, 9.17) is 11.6 Å². The number of nitrogens with one attached hydrogen (secondary N) is 2. The van der Waals surface area contributed by atoms with Crippen molar-refractivity contribution in [1.82, 2.24) is 5.32 Å². The topological polar surface area (TPSA) is 61.4 Å². The van der Waals surface area contributed by atoms with E-state index in [1.165, 1.54) is 29.2 Å². The maximum absolute atomic E-state index is 13.3. The van der Waals surface area contributed by atoms with E-state index in [1.807, 2.05) is 0 Å². The number of urea groups is 1.